The van der Waals surface area contributed by atoms with E-state index >= 15 is 0 Å². The van der Waals surface area contributed by atoms with Gasteiger partial charge in [-0.2, -0.15) is 0 Å². The molecule has 1 aromatic carbocycles. The van der Waals surface area contributed by atoms with Gasteiger partial charge in [-0.25, -0.2) is 9.97 Å². The molecule has 114 valence electrons. The van der Waals surface area contributed by atoms with Gasteiger partial charge in [0.15, 0.2) is 0 Å². The molecule has 1 aliphatic carbocycles. The van der Waals surface area contributed by atoms with Gasteiger partial charge in [-0.05, 0) is 49.8 Å². The van der Waals surface area contributed by atoms with Crippen molar-refractivity contribution in [3.05, 3.63) is 47.0 Å². The number of hydrogen-bond acceptors (Lipinski definition) is 5. The Morgan fingerprint density at radius 3 is 2.86 bits per heavy atom. The second kappa shape index (κ2) is 4.95. The molecular weight excluding hydrogens is 276 g/mol. The predicted molar refractivity (Wildman–Crippen MR) is 84.6 cm³/mol. The molecule has 4 rings (SSSR count). The summed E-state index contributed by atoms with van der Waals surface area (Å²) in [5, 5.41) is 3.22. The number of anilines is 1. The largest absolute Gasteiger partial charge is 0.446 e. The van der Waals surface area contributed by atoms with Gasteiger partial charge in [0.1, 0.15) is 5.75 Å². The Kier molecular flexibility index (Phi) is 3.04. The molecule has 2 aromatic rings. The normalized spacial score (nSPS) is 22.5. The molecule has 2 heterocycles. The van der Waals surface area contributed by atoms with Crippen LogP contribution in [0.15, 0.2) is 24.3 Å². The number of nitrogens with one attached hydrogen (secondary N) is 1. The minimum Gasteiger partial charge on any atom is -0.446 e. The average Bonchev–Trinajstić information content (AvgIpc) is 2.91. The minimum absolute atomic E-state index is 0.529. The van der Waals surface area contributed by atoms with Crippen LogP contribution in [0, 0.1) is 0 Å². The van der Waals surface area contributed by atoms with Crippen molar-refractivity contribution < 1.29 is 4.74 Å². The fourth-order valence-corrected chi connectivity index (χ4v) is 3.29. The summed E-state index contributed by atoms with van der Waals surface area (Å²) in [6, 6.07) is 7.72. The van der Waals surface area contributed by atoms with Crippen molar-refractivity contribution in [3.8, 4) is 5.75 Å². The summed E-state index contributed by atoms with van der Waals surface area (Å²) >= 11 is 0. The number of nitrogens with two attached hydrogens (primary N) is 1. The smallest absolute Gasteiger partial charge is 0.298 e. The topological polar surface area (TPSA) is 73.1 Å². The Balaban J connectivity index is 1.77. The van der Waals surface area contributed by atoms with Crippen molar-refractivity contribution in [1.82, 2.24) is 9.97 Å². The van der Waals surface area contributed by atoms with Gasteiger partial charge in [0, 0.05) is 11.4 Å². The highest BCUT2D eigenvalue weighted by molar-refractivity contribution is 5.61. The molecule has 0 radical (unpaired) electrons. The maximum Gasteiger partial charge on any atom is 0.298 e. The van der Waals surface area contributed by atoms with E-state index in [1.165, 1.54) is 18.4 Å². The van der Waals surface area contributed by atoms with Crippen molar-refractivity contribution in [2.75, 3.05) is 5.32 Å². The Bertz CT molecular complexity index is 686. The standard InChI is InChI=1S/C17H20N4O/c1-2-12-11-7-3-4-8-13(11)20-16(19-12)17(18)21-14-9-5-6-10-15(14)22-17/h5-6,9-10,21H,2-4,7-8,18H2,1H3. The first kappa shape index (κ1) is 13.5. The molecule has 0 bridgehead atoms. The van der Waals surface area contributed by atoms with Gasteiger partial charge in [-0.3, -0.25) is 5.73 Å². The van der Waals surface area contributed by atoms with Crippen molar-refractivity contribution in [1.29, 1.82) is 0 Å². The van der Waals surface area contributed by atoms with Crippen LogP contribution < -0.4 is 15.8 Å². The molecule has 1 aromatic heterocycles. The van der Waals surface area contributed by atoms with Crippen LogP contribution in [0.25, 0.3) is 0 Å². The van der Waals surface area contributed by atoms with Crippen LogP contribution in [-0.2, 0) is 25.1 Å². The number of ether oxygens (including phenoxy) is 1. The summed E-state index contributed by atoms with van der Waals surface area (Å²) in [6.07, 6.45) is 5.36. The lowest BCUT2D eigenvalue weighted by Gasteiger charge is -2.26. The lowest BCUT2D eigenvalue weighted by atomic mass is 9.93. The van der Waals surface area contributed by atoms with Gasteiger partial charge in [0.25, 0.3) is 5.85 Å². The van der Waals surface area contributed by atoms with Crippen molar-refractivity contribution >= 4 is 5.69 Å². The summed E-state index contributed by atoms with van der Waals surface area (Å²) in [6.45, 7) is 2.13. The lowest BCUT2D eigenvalue weighted by Crippen LogP contribution is -2.48. The van der Waals surface area contributed by atoms with E-state index < -0.39 is 5.85 Å². The molecule has 0 saturated heterocycles. The highest BCUT2D eigenvalue weighted by Crippen LogP contribution is 2.38. The number of para-hydroxylation sites is 2. The molecule has 1 unspecified atom stereocenters. The summed E-state index contributed by atoms with van der Waals surface area (Å²) in [5.74, 6) is 0.0886. The predicted octanol–water partition coefficient (Wildman–Crippen LogP) is 2.49. The number of rotatable bonds is 2. The number of aromatic nitrogens is 2. The van der Waals surface area contributed by atoms with E-state index in [0.29, 0.717) is 5.82 Å². The fourth-order valence-electron chi connectivity index (χ4n) is 3.29. The second-order valence-corrected chi connectivity index (χ2v) is 5.94. The number of nitrogens with zero attached hydrogens (tertiary/aromatic N) is 2. The number of aryl methyl sites for hydroxylation is 2. The Labute approximate surface area is 129 Å². The Morgan fingerprint density at radius 1 is 1.23 bits per heavy atom. The van der Waals surface area contributed by atoms with Gasteiger partial charge in [0.2, 0.25) is 5.82 Å². The monoisotopic (exact) mass is 296 g/mol. The van der Waals surface area contributed by atoms with Crippen molar-refractivity contribution in [2.24, 2.45) is 5.73 Å². The third-order valence-electron chi connectivity index (χ3n) is 4.41. The van der Waals surface area contributed by atoms with E-state index in [0.717, 1.165) is 42.1 Å². The second-order valence-electron chi connectivity index (χ2n) is 5.94. The van der Waals surface area contributed by atoms with E-state index in [-0.39, 0.29) is 0 Å². The van der Waals surface area contributed by atoms with Crippen LogP contribution >= 0.6 is 0 Å². The van der Waals surface area contributed by atoms with Gasteiger partial charge in [-0.15, -0.1) is 0 Å². The zero-order valence-electron chi connectivity index (χ0n) is 12.7. The van der Waals surface area contributed by atoms with Crippen LogP contribution in [0.3, 0.4) is 0 Å². The highest BCUT2D eigenvalue weighted by Gasteiger charge is 2.40. The summed E-state index contributed by atoms with van der Waals surface area (Å²) in [7, 11) is 0. The molecule has 5 heteroatoms. The fraction of sp³-hybridized carbons (Fsp3) is 0.412. The van der Waals surface area contributed by atoms with E-state index in [9.17, 15) is 0 Å². The highest BCUT2D eigenvalue weighted by atomic mass is 16.5. The quantitative estimate of drug-likeness (QED) is 0.890. The summed E-state index contributed by atoms with van der Waals surface area (Å²) < 4.78 is 5.91. The van der Waals surface area contributed by atoms with E-state index in [1.807, 2.05) is 24.3 Å². The molecule has 5 nitrogen and oxygen atoms in total. The number of fused-ring (bicyclic) bond motifs is 2. The van der Waals surface area contributed by atoms with E-state index in [4.69, 9.17) is 20.4 Å². The van der Waals surface area contributed by atoms with Gasteiger partial charge >= 0.3 is 0 Å². The molecular formula is C17H20N4O. The van der Waals surface area contributed by atoms with Gasteiger partial charge in [-0.1, -0.05) is 19.1 Å². The van der Waals surface area contributed by atoms with E-state index in [2.05, 4.69) is 12.2 Å². The van der Waals surface area contributed by atoms with Crippen LogP contribution in [0.5, 0.6) is 5.75 Å². The first-order valence-corrected chi connectivity index (χ1v) is 7.94. The molecule has 22 heavy (non-hydrogen) atoms. The number of hydrogen-bond donors (Lipinski definition) is 2. The van der Waals surface area contributed by atoms with Gasteiger partial charge < -0.3 is 10.1 Å². The van der Waals surface area contributed by atoms with Crippen molar-refractivity contribution in [2.45, 2.75) is 44.9 Å². The van der Waals surface area contributed by atoms with Gasteiger partial charge in [0.05, 0.1) is 5.69 Å². The summed E-state index contributed by atoms with van der Waals surface area (Å²) in [4.78, 5) is 9.45. The van der Waals surface area contributed by atoms with Crippen molar-refractivity contribution in [3.63, 3.8) is 0 Å². The van der Waals surface area contributed by atoms with Crippen LogP contribution in [0.2, 0.25) is 0 Å². The SMILES string of the molecule is CCc1nc(C2(N)Nc3ccccc3O2)nc2c1CCCC2. The first-order valence-electron chi connectivity index (χ1n) is 7.94. The molecule has 1 atom stereocenters. The Morgan fingerprint density at radius 2 is 2.05 bits per heavy atom. The van der Waals surface area contributed by atoms with Crippen LogP contribution in [-0.4, -0.2) is 9.97 Å². The third-order valence-corrected chi connectivity index (χ3v) is 4.41. The zero-order chi connectivity index (χ0) is 15.2. The van der Waals surface area contributed by atoms with Crippen LogP contribution in [0.1, 0.15) is 42.5 Å². The Hall–Kier alpha value is -2.14. The molecule has 3 N–H and O–H groups in total. The maximum atomic E-state index is 6.43. The zero-order valence-corrected chi connectivity index (χ0v) is 12.7. The molecule has 2 aliphatic rings. The third kappa shape index (κ3) is 2.04. The molecule has 1 aliphatic heterocycles. The average molecular weight is 296 g/mol. The first-order chi connectivity index (χ1) is 10.7. The molecule has 0 amide bonds. The maximum absolute atomic E-state index is 6.43. The van der Waals surface area contributed by atoms with Crippen LogP contribution in [0.4, 0.5) is 5.69 Å². The van der Waals surface area contributed by atoms with E-state index in [1.54, 1.807) is 0 Å². The molecule has 0 saturated carbocycles. The molecule has 0 fully saturated rings. The minimum atomic E-state index is -1.18. The number of benzene rings is 1. The lowest BCUT2D eigenvalue weighted by molar-refractivity contribution is 0.114. The summed E-state index contributed by atoms with van der Waals surface area (Å²) in [5.41, 5.74) is 10.9. The molecule has 0 spiro atoms.